The molecule has 0 fully saturated rings. The molecule has 21 heavy (non-hydrogen) atoms. The number of unbranched alkanes of at least 4 members (excludes halogenated alkanes) is 1. The highest BCUT2D eigenvalue weighted by atomic mass is 16.6. The predicted octanol–water partition coefficient (Wildman–Crippen LogP) is 0.700. The summed E-state index contributed by atoms with van der Waals surface area (Å²) in [5.74, 6) is 4.51. The Balaban J connectivity index is 1.97. The topological polar surface area (TPSA) is 103 Å². The van der Waals surface area contributed by atoms with Gasteiger partial charge >= 0.3 is 6.09 Å². The van der Waals surface area contributed by atoms with E-state index in [9.17, 15) is 9.59 Å². The number of ether oxygens (including phenoxy) is 1. The van der Waals surface area contributed by atoms with Crippen LogP contribution >= 0.6 is 0 Å². The third kappa shape index (κ3) is 8.61. The van der Waals surface area contributed by atoms with Crippen LogP contribution in [0.2, 0.25) is 0 Å². The Bertz CT molecular complexity index is 425. The standard InChI is InChI=1S/C14H21N3O4/c15-21-11-13(18)16-8-4-5-9-17-14(19)20-10-12-6-2-1-3-7-12/h1-3,6-7H,4-5,8-11,15H2,(H,16,18)(H,17,19). The van der Waals surface area contributed by atoms with Crippen molar-refractivity contribution in [2.45, 2.75) is 19.4 Å². The van der Waals surface area contributed by atoms with Crippen LogP contribution in [-0.4, -0.2) is 31.7 Å². The highest BCUT2D eigenvalue weighted by molar-refractivity contribution is 5.77. The van der Waals surface area contributed by atoms with Crippen LogP contribution in [0.25, 0.3) is 0 Å². The van der Waals surface area contributed by atoms with Gasteiger partial charge in [0.1, 0.15) is 13.2 Å². The molecule has 1 rings (SSSR count). The van der Waals surface area contributed by atoms with E-state index < -0.39 is 6.09 Å². The van der Waals surface area contributed by atoms with Crippen molar-refractivity contribution in [3.63, 3.8) is 0 Å². The Kier molecular flexibility index (Phi) is 8.58. The average molecular weight is 295 g/mol. The first kappa shape index (κ1) is 16.9. The maximum atomic E-state index is 11.4. The number of nitrogens with one attached hydrogen (secondary N) is 2. The molecule has 0 saturated carbocycles. The molecule has 0 aromatic heterocycles. The van der Waals surface area contributed by atoms with E-state index in [1.54, 1.807) is 0 Å². The summed E-state index contributed by atoms with van der Waals surface area (Å²) in [6, 6.07) is 9.46. The number of hydrogen-bond acceptors (Lipinski definition) is 5. The van der Waals surface area contributed by atoms with Crippen molar-refractivity contribution in [3.05, 3.63) is 35.9 Å². The second-order valence-corrected chi connectivity index (χ2v) is 4.36. The fourth-order valence-electron chi connectivity index (χ4n) is 1.57. The molecule has 0 unspecified atom stereocenters. The number of rotatable bonds is 9. The lowest BCUT2D eigenvalue weighted by molar-refractivity contribution is -0.125. The van der Waals surface area contributed by atoms with E-state index in [-0.39, 0.29) is 19.1 Å². The molecule has 7 nitrogen and oxygen atoms in total. The molecule has 0 bridgehead atoms. The molecule has 0 heterocycles. The van der Waals surface area contributed by atoms with Gasteiger partial charge in [-0.1, -0.05) is 30.3 Å². The van der Waals surface area contributed by atoms with Gasteiger partial charge < -0.3 is 15.4 Å². The zero-order valence-electron chi connectivity index (χ0n) is 11.8. The molecule has 0 aliphatic heterocycles. The minimum atomic E-state index is -0.445. The van der Waals surface area contributed by atoms with Crippen molar-refractivity contribution in [1.29, 1.82) is 0 Å². The number of amides is 2. The molecule has 1 aromatic rings. The number of hydrogen-bond donors (Lipinski definition) is 3. The van der Waals surface area contributed by atoms with Gasteiger partial charge in [0.25, 0.3) is 0 Å². The van der Waals surface area contributed by atoms with Crippen molar-refractivity contribution < 1.29 is 19.2 Å². The summed E-state index contributed by atoms with van der Waals surface area (Å²) in [5, 5.41) is 5.28. The smallest absolute Gasteiger partial charge is 0.407 e. The Morgan fingerprint density at radius 1 is 1.05 bits per heavy atom. The maximum Gasteiger partial charge on any atom is 0.407 e. The Labute approximate surface area is 123 Å². The van der Waals surface area contributed by atoms with E-state index in [1.807, 2.05) is 30.3 Å². The fraction of sp³-hybridized carbons (Fsp3) is 0.429. The van der Waals surface area contributed by atoms with Gasteiger partial charge in [-0.3, -0.25) is 9.63 Å². The molecule has 0 atom stereocenters. The van der Waals surface area contributed by atoms with Crippen LogP contribution in [0.1, 0.15) is 18.4 Å². The largest absolute Gasteiger partial charge is 0.445 e. The SMILES string of the molecule is NOCC(=O)NCCCCNC(=O)OCc1ccccc1. The first-order chi connectivity index (χ1) is 10.2. The highest BCUT2D eigenvalue weighted by Gasteiger charge is 2.02. The second-order valence-electron chi connectivity index (χ2n) is 4.36. The van der Waals surface area contributed by atoms with Gasteiger partial charge in [0.2, 0.25) is 5.91 Å². The van der Waals surface area contributed by atoms with Gasteiger partial charge in [-0.25, -0.2) is 10.7 Å². The lowest BCUT2D eigenvalue weighted by Crippen LogP contribution is -2.30. The predicted molar refractivity (Wildman–Crippen MR) is 77.0 cm³/mol. The molecule has 2 amide bonds. The summed E-state index contributed by atoms with van der Waals surface area (Å²) >= 11 is 0. The summed E-state index contributed by atoms with van der Waals surface area (Å²) in [5.41, 5.74) is 0.942. The normalized spacial score (nSPS) is 9.95. The molecule has 116 valence electrons. The lowest BCUT2D eigenvalue weighted by Gasteiger charge is -2.07. The molecule has 0 spiro atoms. The number of carbonyl (C=O) groups is 2. The molecule has 0 radical (unpaired) electrons. The molecular formula is C14H21N3O4. The summed E-state index contributed by atoms with van der Waals surface area (Å²) in [6.07, 6.45) is 1.04. The van der Waals surface area contributed by atoms with E-state index in [4.69, 9.17) is 10.6 Å². The van der Waals surface area contributed by atoms with Crippen molar-refractivity contribution in [2.75, 3.05) is 19.7 Å². The molecule has 0 aliphatic rings. The van der Waals surface area contributed by atoms with Crippen molar-refractivity contribution in [1.82, 2.24) is 10.6 Å². The molecule has 1 aromatic carbocycles. The van der Waals surface area contributed by atoms with Crippen LogP contribution in [0, 0.1) is 0 Å². The Hall–Kier alpha value is -2.12. The molecule has 0 saturated heterocycles. The van der Waals surface area contributed by atoms with Crippen LogP contribution in [0.3, 0.4) is 0 Å². The minimum Gasteiger partial charge on any atom is -0.445 e. The monoisotopic (exact) mass is 295 g/mol. The fourth-order valence-corrected chi connectivity index (χ4v) is 1.57. The van der Waals surface area contributed by atoms with E-state index in [0.717, 1.165) is 18.4 Å². The third-order valence-electron chi connectivity index (χ3n) is 2.62. The quantitative estimate of drug-likeness (QED) is 0.459. The second kappa shape index (κ2) is 10.6. The Morgan fingerprint density at radius 3 is 2.38 bits per heavy atom. The van der Waals surface area contributed by atoms with Crippen LogP contribution < -0.4 is 16.5 Å². The first-order valence-corrected chi connectivity index (χ1v) is 6.75. The molecular weight excluding hydrogens is 274 g/mol. The van der Waals surface area contributed by atoms with Crippen LogP contribution in [0.5, 0.6) is 0 Å². The summed E-state index contributed by atoms with van der Waals surface area (Å²) < 4.78 is 5.05. The number of nitrogens with two attached hydrogens (primary N) is 1. The van der Waals surface area contributed by atoms with Gasteiger partial charge in [0.15, 0.2) is 0 Å². The number of alkyl carbamates (subject to hydrolysis) is 1. The average Bonchev–Trinajstić information content (AvgIpc) is 2.50. The van der Waals surface area contributed by atoms with Gasteiger partial charge in [-0.05, 0) is 18.4 Å². The van der Waals surface area contributed by atoms with Crippen LogP contribution in [-0.2, 0) is 21.0 Å². The van der Waals surface area contributed by atoms with E-state index in [2.05, 4.69) is 15.5 Å². The Morgan fingerprint density at radius 2 is 1.71 bits per heavy atom. The summed E-state index contributed by atoms with van der Waals surface area (Å²) in [7, 11) is 0. The maximum absolute atomic E-state index is 11.4. The van der Waals surface area contributed by atoms with Crippen LogP contribution in [0.15, 0.2) is 30.3 Å². The van der Waals surface area contributed by atoms with Gasteiger partial charge in [-0.15, -0.1) is 0 Å². The number of carbonyl (C=O) groups excluding carboxylic acids is 2. The molecule has 4 N–H and O–H groups in total. The third-order valence-corrected chi connectivity index (χ3v) is 2.62. The molecule has 0 aliphatic carbocycles. The van der Waals surface area contributed by atoms with Gasteiger partial charge in [-0.2, -0.15) is 0 Å². The van der Waals surface area contributed by atoms with Crippen molar-refractivity contribution >= 4 is 12.0 Å². The highest BCUT2D eigenvalue weighted by Crippen LogP contribution is 2.00. The zero-order valence-corrected chi connectivity index (χ0v) is 11.8. The first-order valence-electron chi connectivity index (χ1n) is 6.75. The minimum absolute atomic E-state index is 0.149. The zero-order chi connectivity index (χ0) is 15.3. The number of benzene rings is 1. The van der Waals surface area contributed by atoms with E-state index in [0.29, 0.717) is 13.1 Å². The van der Waals surface area contributed by atoms with Crippen molar-refractivity contribution in [3.8, 4) is 0 Å². The van der Waals surface area contributed by atoms with Gasteiger partial charge in [0.05, 0.1) is 0 Å². The van der Waals surface area contributed by atoms with Gasteiger partial charge in [0, 0.05) is 13.1 Å². The molecule has 7 heteroatoms. The van der Waals surface area contributed by atoms with E-state index in [1.165, 1.54) is 0 Å². The van der Waals surface area contributed by atoms with E-state index >= 15 is 0 Å². The van der Waals surface area contributed by atoms with Crippen molar-refractivity contribution in [2.24, 2.45) is 5.90 Å². The summed E-state index contributed by atoms with van der Waals surface area (Å²) in [4.78, 5) is 26.6. The summed E-state index contributed by atoms with van der Waals surface area (Å²) in [6.45, 7) is 1.12. The van der Waals surface area contributed by atoms with Crippen LogP contribution in [0.4, 0.5) is 4.79 Å². The lowest BCUT2D eigenvalue weighted by atomic mass is 10.2.